The summed E-state index contributed by atoms with van der Waals surface area (Å²) >= 11 is 0. The summed E-state index contributed by atoms with van der Waals surface area (Å²) in [7, 11) is 0. The third-order valence-electron chi connectivity index (χ3n) is 5.91. The van der Waals surface area contributed by atoms with Crippen LogP contribution in [0, 0.1) is 6.92 Å². The van der Waals surface area contributed by atoms with Crippen LogP contribution >= 0.6 is 0 Å². The van der Waals surface area contributed by atoms with Crippen LogP contribution < -0.4 is 5.32 Å². The van der Waals surface area contributed by atoms with E-state index in [1.807, 2.05) is 36.5 Å². The number of β-amino-alcohol motifs (C(OH)–C–C–N with tert-alkyl or cyclic N) is 1. The van der Waals surface area contributed by atoms with Gasteiger partial charge in [0.15, 0.2) is 0 Å². The van der Waals surface area contributed by atoms with Gasteiger partial charge in [-0.2, -0.15) is 0 Å². The molecule has 8 heteroatoms. The first-order chi connectivity index (χ1) is 15.4. The smallest absolute Gasteiger partial charge is 0.109 e. The lowest BCUT2D eigenvalue weighted by atomic mass is 9.94. The van der Waals surface area contributed by atoms with E-state index in [2.05, 4.69) is 35.4 Å². The number of piperidine rings is 1. The van der Waals surface area contributed by atoms with Gasteiger partial charge in [0.05, 0.1) is 36.7 Å². The summed E-state index contributed by atoms with van der Waals surface area (Å²) in [5.74, 6) is 0. The van der Waals surface area contributed by atoms with Gasteiger partial charge < -0.3 is 30.7 Å². The number of aromatic amines is 1. The Morgan fingerprint density at radius 3 is 2.62 bits per heavy atom. The molecule has 1 aromatic carbocycles. The number of rotatable bonds is 7. The van der Waals surface area contributed by atoms with Crippen LogP contribution in [0.2, 0.25) is 0 Å². The van der Waals surface area contributed by atoms with Crippen molar-refractivity contribution >= 4 is 5.69 Å². The molecule has 0 saturated carbocycles. The Labute approximate surface area is 187 Å². The van der Waals surface area contributed by atoms with Crippen molar-refractivity contribution in [2.75, 3.05) is 18.5 Å². The van der Waals surface area contributed by atoms with E-state index in [0.29, 0.717) is 13.1 Å². The Kier molecular flexibility index (Phi) is 6.88. The van der Waals surface area contributed by atoms with Crippen LogP contribution in [0.25, 0.3) is 11.3 Å². The van der Waals surface area contributed by atoms with Gasteiger partial charge in [-0.25, -0.2) is 0 Å². The number of hydrogen-bond acceptors (Lipinski definition) is 7. The standard InChI is InChI=1S/C24H30N4O4/c1-15-8-16(20-6-3-7-25-20)10-19(9-15)26-11-17-4-2-5-18(27-17)12-28-13-22(30)24(32)23(31)21(28)14-29/h2-10,21-26,29-32H,11-14H2,1H3/t21-,22+,23-,24-/m1/s1. The fourth-order valence-electron chi connectivity index (χ4n) is 4.23. The maximum atomic E-state index is 10.2. The van der Waals surface area contributed by atoms with Crippen LogP contribution in [0.3, 0.4) is 0 Å². The van der Waals surface area contributed by atoms with Crippen molar-refractivity contribution in [1.82, 2.24) is 14.9 Å². The van der Waals surface area contributed by atoms with Crippen LogP contribution in [-0.4, -0.2) is 72.8 Å². The lowest BCUT2D eigenvalue weighted by Crippen LogP contribution is -2.62. The number of H-pyrrole nitrogens is 1. The molecule has 1 fully saturated rings. The van der Waals surface area contributed by atoms with Crippen molar-refractivity contribution in [2.45, 2.75) is 44.4 Å². The van der Waals surface area contributed by atoms with Gasteiger partial charge in [-0.15, -0.1) is 0 Å². The van der Waals surface area contributed by atoms with Crippen molar-refractivity contribution in [3.63, 3.8) is 0 Å². The first-order valence-electron chi connectivity index (χ1n) is 10.8. The highest BCUT2D eigenvalue weighted by Crippen LogP contribution is 2.24. The Morgan fingerprint density at radius 2 is 1.88 bits per heavy atom. The average molecular weight is 439 g/mol. The predicted molar refractivity (Wildman–Crippen MR) is 122 cm³/mol. The highest BCUT2D eigenvalue weighted by Gasteiger charge is 2.41. The summed E-state index contributed by atoms with van der Waals surface area (Å²) in [6.45, 7) is 2.78. The van der Waals surface area contributed by atoms with E-state index in [9.17, 15) is 20.4 Å². The molecule has 1 saturated heterocycles. The van der Waals surface area contributed by atoms with Crippen LogP contribution in [-0.2, 0) is 13.1 Å². The largest absolute Gasteiger partial charge is 0.395 e. The number of anilines is 1. The predicted octanol–water partition coefficient (Wildman–Crippen LogP) is 1.26. The zero-order valence-electron chi connectivity index (χ0n) is 18.0. The van der Waals surface area contributed by atoms with Crippen molar-refractivity contribution in [3.05, 3.63) is 71.7 Å². The number of benzene rings is 1. The molecule has 0 spiro atoms. The van der Waals surface area contributed by atoms with Crippen molar-refractivity contribution in [3.8, 4) is 11.3 Å². The molecular formula is C24H30N4O4. The minimum absolute atomic E-state index is 0.151. The second-order valence-electron chi connectivity index (χ2n) is 8.37. The summed E-state index contributed by atoms with van der Waals surface area (Å²) < 4.78 is 0. The summed E-state index contributed by atoms with van der Waals surface area (Å²) in [6.07, 6.45) is -1.66. The number of likely N-dealkylation sites (tertiary alicyclic amines) is 1. The fourth-order valence-corrected chi connectivity index (χ4v) is 4.23. The van der Waals surface area contributed by atoms with Gasteiger partial charge in [0, 0.05) is 36.2 Å². The first-order valence-corrected chi connectivity index (χ1v) is 10.8. The SMILES string of the molecule is Cc1cc(NCc2cccc(CN3C[C@H](O)[C@@H](O)[C@H](O)[C@H]3CO)n2)cc(-c2ccc[nH]2)c1. The number of nitrogens with one attached hydrogen (secondary N) is 2. The minimum atomic E-state index is -1.27. The number of aliphatic hydroxyl groups is 4. The molecule has 6 N–H and O–H groups in total. The molecule has 0 unspecified atom stereocenters. The van der Waals surface area contributed by atoms with Gasteiger partial charge in [0.2, 0.25) is 0 Å². The molecule has 0 amide bonds. The molecule has 8 nitrogen and oxygen atoms in total. The Balaban J connectivity index is 1.44. The van der Waals surface area contributed by atoms with Crippen LogP contribution in [0.1, 0.15) is 17.0 Å². The molecule has 0 aliphatic carbocycles. The monoisotopic (exact) mass is 438 g/mol. The summed E-state index contributed by atoms with van der Waals surface area (Å²) in [4.78, 5) is 9.68. The molecule has 32 heavy (non-hydrogen) atoms. The molecule has 1 aliphatic rings. The lowest BCUT2D eigenvalue weighted by molar-refractivity contribution is -0.147. The van der Waals surface area contributed by atoms with E-state index >= 15 is 0 Å². The van der Waals surface area contributed by atoms with E-state index in [0.717, 1.165) is 33.9 Å². The summed E-state index contributed by atoms with van der Waals surface area (Å²) in [5.41, 5.74) is 5.93. The van der Waals surface area contributed by atoms with Crippen LogP contribution in [0.4, 0.5) is 5.69 Å². The van der Waals surface area contributed by atoms with Crippen molar-refractivity contribution in [2.24, 2.45) is 0 Å². The third kappa shape index (κ3) is 5.01. The molecule has 4 atom stereocenters. The second-order valence-corrected chi connectivity index (χ2v) is 8.37. The molecule has 2 aromatic heterocycles. The average Bonchev–Trinajstić information content (AvgIpc) is 3.32. The quantitative estimate of drug-likeness (QED) is 0.328. The van der Waals surface area contributed by atoms with E-state index < -0.39 is 24.4 Å². The first kappa shape index (κ1) is 22.4. The maximum absolute atomic E-state index is 10.2. The third-order valence-corrected chi connectivity index (χ3v) is 5.91. The maximum Gasteiger partial charge on any atom is 0.109 e. The van der Waals surface area contributed by atoms with E-state index in [1.165, 1.54) is 0 Å². The number of aromatic nitrogens is 2. The number of nitrogens with zero attached hydrogens (tertiary/aromatic N) is 2. The zero-order valence-corrected chi connectivity index (χ0v) is 18.0. The normalized spacial score (nSPS) is 23.9. The van der Waals surface area contributed by atoms with E-state index in [1.54, 1.807) is 4.90 Å². The van der Waals surface area contributed by atoms with Gasteiger partial charge in [0.1, 0.15) is 12.2 Å². The number of hydrogen-bond donors (Lipinski definition) is 6. The molecule has 3 heterocycles. The topological polar surface area (TPSA) is 125 Å². The molecule has 0 bridgehead atoms. The Bertz CT molecular complexity index is 1030. The number of aryl methyl sites for hydroxylation is 1. The Hall–Kier alpha value is -2.75. The second kappa shape index (κ2) is 9.81. The van der Waals surface area contributed by atoms with Gasteiger partial charge in [-0.1, -0.05) is 6.07 Å². The molecule has 3 aromatic rings. The van der Waals surface area contributed by atoms with E-state index in [4.69, 9.17) is 4.98 Å². The zero-order chi connectivity index (χ0) is 22.7. The van der Waals surface area contributed by atoms with E-state index in [-0.39, 0.29) is 13.2 Å². The van der Waals surface area contributed by atoms with Crippen molar-refractivity contribution in [1.29, 1.82) is 0 Å². The van der Waals surface area contributed by atoms with Crippen LogP contribution in [0.15, 0.2) is 54.7 Å². The Morgan fingerprint density at radius 1 is 1.06 bits per heavy atom. The molecular weight excluding hydrogens is 408 g/mol. The lowest BCUT2D eigenvalue weighted by Gasteiger charge is -2.42. The van der Waals surface area contributed by atoms with Gasteiger partial charge in [-0.3, -0.25) is 9.88 Å². The molecule has 1 aliphatic heterocycles. The highest BCUT2D eigenvalue weighted by atomic mass is 16.4. The fraction of sp³-hybridized carbons (Fsp3) is 0.375. The molecule has 0 radical (unpaired) electrons. The van der Waals surface area contributed by atoms with Crippen LogP contribution in [0.5, 0.6) is 0 Å². The van der Waals surface area contributed by atoms with Gasteiger partial charge >= 0.3 is 0 Å². The van der Waals surface area contributed by atoms with Gasteiger partial charge in [-0.05, 0) is 55.0 Å². The number of pyridine rings is 1. The highest BCUT2D eigenvalue weighted by molar-refractivity contribution is 5.66. The summed E-state index contributed by atoms with van der Waals surface area (Å²) in [5, 5.41) is 43.2. The van der Waals surface area contributed by atoms with Gasteiger partial charge in [0.25, 0.3) is 0 Å². The number of aliphatic hydroxyl groups excluding tert-OH is 4. The summed E-state index contributed by atoms with van der Waals surface area (Å²) in [6, 6.07) is 15.4. The van der Waals surface area contributed by atoms with Crippen molar-refractivity contribution < 1.29 is 20.4 Å². The molecule has 4 rings (SSSR count). The minimum Gasteiger partial charge on any atom is -0.395 e. The molecule has 170 valence electrons.